The van der Waals surface area contributed by atoms with Crippen LogP contribution in [0.3, 0.4) is 0 Å². The Morgan fingerprint density at radius 2 is 1.93 bits per heavy atom. The molecular formula is C23H28IN5S. The third-order valence-electron chi connectivity index (χ3n) is 5.18. The second kappa shape index (κ2) is 10.8. The standard InChI is InChI=1S/C23H27N5S.HI/c1-17-8-10-20(11-9-17)28-13-12-19(15-28)26-23(24-2)25-14-22-27-21(16-29-22)18-6-4-3-5-7-18;/h3-11,16,19H,12-15H2,1-2H3,(H2,24,25,26);1H. The highest BCUT2D eigenvalue weighted by Gasteiger charge is 2.23. The van der Waals surface area contributed by atoms with E-state index in [-0.39, 0.29) is 24.0 Å². The van der Waals surface area contributed by atoms with Crippen LogP contribution >= 0.6 is 35.3 Å². The highest BCUT2D eigenvalue weighted by molar-refractivity contribution is 14.0. The van der Waals surface area contributed by atoms with Gasteiger partial charge in [0.25, 0.3) is 0 Å². The van der Waals surface area contributed by atoms with E-state index in [2.05, 4.69) is 69.2 Å². The van der Waals surface area contributed by atoms with E-state index < -0.39 is 0 Å². The molecule has 0 radical (unpaired) electrons. The van der Waals surface area contributed by atoms with Gasteiger partial charge in [-0.1, -0.05) is 48.0 Å². The van der Waals surface area contributed by atoms with E-state index >= 15 is 0 Å². The van der Waals surface area contributed by atoms with Crippen LogP contribution in [0.15, 0.2) is 65.0 Å². The first-order valence-electron chi connectivity index (χ1n) is 10.00. The van der Waals surface area contributed by atoms with Crippen LogP contribution in [-0.2, 0) is 6.54 Å². The Morgan fingerprint density at radius 3 is 2.67 bits per heavy atom. The molecule has 30 heavy (non-hydrogen) atoms. The van der Waals surface area contributed by atoms with Crippen molar-refractivity contribution in [1.82, 2.24) is 15.6 Å². The molecule has 1 fully saturated rings. The lowest BCUT2D eigenvalue weighted by atomic mass is 10.2. The van der Waals surface area contributed by atoms with Crippen LogP contribution in [0, 0.1) is 6.92 Å². The summed E-state index contributed by atoms with van der Waals surface area (Å²) in [5.41, 5.74) is 4.77. The van der Waals surface area contributed by atoms with E-state index in [9.17, 15) is 0 Å². The van der Waals surface area contributed by atoms with Gasteiger partial charge in [0, 0.05) is 42.8 Å². The summed E-state index contributed by atoms with van der Waals surface area (Å²) in [6.45, 7) is 4.84. The molecule has 0 amide bonds. The maximum Gasteiger partial charge on any atom is 0.191 e. The van der Waals surface area contributed by atoms with E-state index in [0.29, 0.717) is 12.6 Å². The SMILES string of the molecule is CN=C(NCc1nc(-c2ccccc2)cs1)NC1CCN(c2ccc(C)cc2)C1.I. The van der Waals surface area contributed by atoms with Gasteiger partial charge in [0.15, 0.2) is 5.96 Å². The summed E-state index contributed by atoms with van der Waals surface area (Å²) < 4.78 is 0. The van der Waals surface area contributed by atoms with Crippen LogP contribution in [-0.4, -0.2) is 37.1 Å². The first-order valence-corrected chi connectivity index (χ1v) is 10.9. The molecule has 3 aromatic rings. The zero-order valence-electron chi connectivity index (χ0n) is 17.3. The average molecular weight is 533 g/mol. The number of rotatable bonds is 5. The molecule has 158 valence electrons. The molecule has 2 heterocycles. The lowest BCUT2D eigenvalue weighted by Crippen LogP contribution is -2.44. The molecule has 1 aliphatic rings. The van der Waals surface area contributed by atoms with Gasteiger partial charge in [-0.3, -0.25) is 4.99 Å². The smallest absolute Gasteiger partial charge is 0.191 e. The maximum atomic E-state index is 4.74. The molecule has 1 aliphatic heterocycles. The van der Waals surface area contributed by atoms with Gasteiger partial charge in [0.05, 0.1) is 12.2 Å². The summed E-state index contributed by atoms with van der Waals surface area (Å²) in [5, 5.41) is 10.1. The van der Waals surface area contributed by atoms with Gasteiger partial charge in [0.1, 0.15) is 5.01 Å². The first kappa shape index (κ1) is 22.6. The number of guanidine groups is 1. The molecule has 0 bridgehead atoms. The van der Waals surface area contributed by atoms with Gasteiger partial charge in [-0.05, 0) is 25.5 Å². The number of nitrogens with one attached hydrogen (secondary N) is 2. The summed E-state index contributed by atoms with van der Waals surface area (Å²) in [7, 11) is 1.82. The Kier molecular flexibility index (Phi) is 8.09. The molecule has 0 aliphatic carbocycles. The Labute approximate surface area is 199 Å². The molecule has 0 saturated carbocycles. The van der Waals surface area contributed by atoms with Crippen molar-refractivity contribution in [3.05, 3.63) is 70.5 Å². The number of hydrogen-bond donors (Lipinski definition) is 2. The number of nitrogens with zero attached hydrogens (tertiary/aromatic N) is 3. The zero-order chi connectivity index (χ0) is 20.1. The minimum atomic E-state index is 0. The van der Waals surface area contributed by atoms with Gasteiger partial charge in [-0.2, -0.15) is 0 Å². The molecular weight excluding hydrogens is 505 g/mol. The normalized spacial score (nSPS) is 16.3. The largest absolute Gasteiger partial charge is 0.369 e. The summed E-state index contributed by atoms with van der Waals surface area (Å²) in [5.74, 6) is 0.831. The zero-order valence-corrected chi connectivity index (χ0v) is 20.5. The van der Waals surface area contributed by atoms with Gasteiger partial charge in [-0.25, -0.2) is 4.98 Å². The van der Waals surface area contributed by atoms with Crippen LogP contribution in [0.5, 0.6) is 0 Å². The van der Waals surface area contributed by atoms with Gasteiger partial charge >= 0.3 is 0 Å². The maximum absolute atomic E-state index is 4.74. The minimum absolute atomic E-state index is 0. The Morgan fingerprint density at radius 1 is 1.17 bits per heavy atom. The highest BCUT2D eigenvalue weighted by atomic mass is 127. The number of anilines is 1. The molecule has 2 N–H and O–H groups in total. The van der Waals surface area contributed by atoms with E-state index in [1.54, 1.807) is 11.3 Å². The molecule has 1 atom stereocenters. The fraction of sp³-hybridized carbons (Fsp3) is 0.304. The molecule has 7 heteroatoms. The van der Waals surface area contributed by atoms with Gasteiger partial charge < -0.3 is 15.5 Å². The predicted molar refractivity (Wildman–Crippen MR) is 138 cm³/mol. The number of hydrogen-bond acceptors (Lipinski definition) is 4. The molecule has 1 unspecified atom stereocenters. The Balaban J connectivity index is 0.00000256. The first-order chi connectivity index (χ1) is 14.2. The van der Waals surface area contributed by atoms with Crippen molar-refractivity contribution < 1.29 is 0 Å². The number of halogens is 1. The Bertz CT molecular complexity index is 955. The van der Waals surface area contributed by atoms with Crippen molar-refractivity contribution in [2.75, 3.05) is 25.0 Å². The lowest BCUT2D eigenvalue weighted by molar-refractivity contribution is 0.648. The topological polar surface area (TPSA) is 52.6 Å². The summed E-state index contributed by atoms with van der Waals surface area (Å²) in [6.07, 6.45) is 1.10. The van der Waals surface area contributed by atoms with Crippen molar-refractivity contribution in [1.29, 1.82) is 0 Å². The molecule has 0 spiro atoms. The van der Waals surface area contributed by atoms with Crippen LogP contribution in [0.4, 0.5) is 5.69 Å². The van der Waals surface area contributed by atoms with E-state index in [1.807, 2.05) is 25.2 Å². The third kappa shape index (κ3) is 5.72. The lowest BCUT2D eigenvalue weighted by Gasteiger charge is -2.20. The highest BCUT2D eigenvalue weighted by Crippen LogP contribution is 2.22. The number of thiazole rings is 1. The average Bonchev–Trinajstić information content (AvgIpc) is 3.42. The summed E-state index contributed by atoms with van der Waals surface area (Å²) in [4.78, 5) is 11.6. The number of aryl methyl sites for hydroxylation is 1. The fourth-order valence-electron chi connectivity index (χ4n) is 3.55. The summed E-state index contributed by atoms with van der Waals surface area (Å²) in [6, 6.07) is 19.4. The fourth-order valence-corrected chi connectivity index (χ4v) is 4.29. The number of aromatic nitrogens is 1. The van der Waals surface area contributed by atoms with Crippen molar-refractivity contribution in [3.8, 4) is 11.3 Å². The van der Waals surface area contributed by atoms with E-state index in [4.69, 9.17) is 4.98 Å². The molecule has 5 nitrogen and oxygen atoms in total. The minimum Gasteiger partial charge on any atom is -0.369 e. The Hall–Kier alpha value is -2.13. The van der Waals surface area contributed by atoms with Crippen LogP contribution in [0.1, 0.15) is 17.0 Å². The second-order valence-corrected chi connectivity index (χ2v) is 8.27. The van der Waals surface area contributed by atoms with Gasteiger partial charge in [0.2, 0.25) is 0 Å². The van der Waals surface area contributed by atoms with Crippen molar-refractivity contribution in [2.24, 2.45) is 4.99 Å². The van der Waals surface area contributed by atoms with E-state index in [1.165, 1.54) is 11.3 Å². The molecule has 1 aromatic heterocycles. The quantitative estimate of drug-likeness (QED) is 0.284. The monoisotopic (exact) mass is 533 g/mol. The number of benzene rings is 2. The number of aliphatic imine (C=N–C) groups is 1. The molecule has 2 aromatic carbocycles. The second-order valence-electron chi connectivity index (χ2n) is 7.33. The van der Waals surface area contributed by atoms with E-state index in [0.717, 1.165) is 41.7 Å². The van der Waals surface area contributed by atoms with Crippen molar-refractivity contribution >= 4 is 47.0 Å². The summed E-state index contributed by atoms with van der Waals surface area (Å²) >= 11 is 1.67. The van der Waals surface area contributed by atoms with Crippen molar-refractivity contribution in [2.45, 2.75) is 25.9 Å². The van der Waals surface area contributed by atoms with Crippen molar-refractivity contribution in [3.63, 3.8) is 0 Å². The molecule has 1 saturated heterocycles. The van der Waals surface area contributed by atoms with Crippen LogP contribution < -0.4 is 15.5 Å². The van der Waals surface area contributed by atoms with Gasteiger partial charge in [-0.15, -0.1) is 35.3 Å². The van der Waals surface area contributed by atoms with Crippen LogP contribution in [0.2, 0.25) is 0 Å². The molecule has 4 rings (SSSR count). The van der Waals surface area contributed by atoms with Crippen LogP contribution in [0.25, 0.3) is 11.3 Å². The predicted octanol–water partition coefficient (Wildman–Crippen LogP) is 4.68. The third-order valence-corrected chi connectivity index (χ3v) is 6.03.